The van der Waals surface area contributed by atoms with Gasteiger partial charge in [-0.05, 0) is 37.1 Å². The molecule has 2 aromatic carbocycles. The Bertz CT molecular complexity index is 793. The van der Waals surface area contributed by atoms with Crippen molar-refractivity contribution in [1.82, 2.24) is 15.0 Å². The van der Waals surface area contributed by atoms with E-state index >= 15 is 0 Å². The number of aryl methyl sites for hydroxylation is 2. The molecule has 0 bridgehead atoms. The van der Waals surface area contributed by atoms with Crippen LogP contribution >= 0.6 is 0 Å². The van der Waals surface area contributed by atoms with E-state index in [1.807, 2.05) is 12.1 Å². The van der Waals surface area contributed by atoms with Gasteiger partial charge in [0.2, 0.25) is 11.7 Å². The van der Waals surface area contributed by atoms with Crippen molar-refractivity contribution in [2.45, 2.75) is 33.4 Å². The molecule has 124 valence electrons. The zero-order valence-corrected chi connectivity index (χ0v) is 14.5. The average molecular weight is 321 g/mol. The maximum Gasteiger partial charge on any atom is 0.241 e. The minimum atomic E-state index is 0.633. The molecular formula is C20H23N3O. The Kier molecular flexibility index (Phi) is 5.06. The topological polar surface area (TPSA) is 42.2 Å². The van der Waals surface area contributed by atoms with Gasteiger partial charge in [0, 0.05) is 12.1 Å². The molecule has 3 aromatic rings. The van der Waals surface area contributed by atoms with Gasteiger partial charge in [-0.2, -0.15) is 4.98 Å². The fraction of sp³-hybridized carbons (Fsp3) is 0.300. The van der Waals surface area contributed by atoms with Gasteiger partial charge >= 0.3 is 0 Å². The highest BCUT2D eigenvalue weighted by atomic mass is 16.5. The minimum Gasteiger partial charge on any atom is -0.338 e. The molecule has 0 N–H and O–H groups in total. The zero-order chi connectivity index (χ0) is 16.9. The molecule has 4 heteroatoms. The lowest BCUT2D eigenvalue weighted by atomic mass is 10.1. The van der Waals surface area contributed by atoms with E-state index in [1.54, 1.807) is 0 Å². The minimum absolute atomic E-state index is 0.633. The van der Waals surface area contributed by atoms with Crippen LogP contribution in [-0.4, -0.2) is 22.1 Å². The zero-order valence-electron chi connectivity index (χ0n) is 14.5. The van der Waals surface area contributed by atoms with Gasteiger partial charge in [-0.25, -0.2) is 0 Å². The predicted molar refractivity (Wildman–Crippen MR) is 95.5 cm³/mol. The first-order valence-corrected chi connectivity index (χ1v) is 8.30. The Morgan fingerprint density at radius 1 is 1.00 bits per heavy atom. The highest BCUT2D eigenvalue weighted by molar-refractivity contribution is 5.54. The summed E-state index contributed by atoms with van der Waals surface area (Å²) >= 11 is 0. The van der Waals surface area contributed by atoms with Crippen LogP contribution in [0.3, 0.4) is 0 Å². The maximum absolute atomic E-state index is 5.41. The molecule has 3 rings (SSSR count). The molecule has 0 radical (unpaired) electrons. The molecular weight excluding hydrogens is 298 g/mol. The fourth-order valence-electron chi connectivity index (χ4n) is 2.69. The van der Waals surface area contributed by atoms with Gasteiger partial charge < -0.3 is 4.52 Å². The third-order valence-corrected chi connectivity index (χ3v) is 4.20. The summed E-state index contributed by atoms with van der Waals surface area (Å²) in [5.41, 5.74) is 4.91. The van der Waals surface area contributed by atoms with Crippen LogP contribution in [0.4, 0.5) is 0 Å². The van der Waals surface area contributed by atoms with E-state index in [4.69, 9.17) is 4.52 Å². The van der Waals surface area contributed by atoms with Gasteiger partial charge in [0.1, 0.15) is 0 Å². The average Bonchev–Trinajstić information content (AvgIpc) is 3.05. The van der Waals surface area contributed by atoms with Crippen LogP contribution in [0.2, 0.25) is 0 Å². The highest BCUT2D eigenvalue weighted by Crippen LogP contribution is 2.18. The van der Waals surface area contributed by atoms with Gasteiger partial charge in [-0.15, -0.1) is 0 Å². The fourth-order valence-corrected chi connectivity index (χ4v) is 2.69. The van der Waals surface area contributed by atoms with E-state index in [9.17, 15) is 0 Å². The molecule has 0 atom stereocenters. The molecule has 0 saturated carbocycles. The number of hydrogen-bond donors (Lipinski definition) is 0. The first-order valence-electron chi connectivity index (χ1n) is 8.30. The van der Waals surface area contributed by atoms with Gasteiger partial charge in [0.15, 0.2) is 0 Å². The summed E-state index contributed by atoms with van der Waals surface area (Å²) in [5, 5.41) is 4.11. The van der Waals surface area contributed by atoms with Crippen LogP contribution in [0.5, 0.6) is 0 Å². The van der Waals surface area contributed by atoms with E-state index in [0.717, 1.165) is 18.5 Å². The van der Waals surface area contributed by atoms with Crippen molar-refractivity contribution in [3.8, 4) is 11.4 Å². The monoisotopic (exact) mass is 321 g/mol. The number of benzene rings is 2. The summed E-state index contributed by atoms with van der Waals surface area (Å²) in [4.78, 5) is 6.70. The van der Waals surface area contributed by atoms with E-state index in [0.29, 0.717) is 18.3 Å². The summed E-state index contributed by atoms with van der Waals surface area (Å²) in [5.74, 6) is 1.29. The second kappa shape index (κ2) is 7.41. The van der Waals surface area contributed by atoms with Crippen LogP contribution in [0, 0.1) is 6.92 Å². The van der Waals surface area contributed by atoms with E-state index in [-0.39, 0.29) is 0 Å². The molecule has 0 aliphatic heterocycles. The standard InChI is InChI=1S/C20H23N3O/c1-4-16-9-11-17(12-10-16)20-21-19(24-22-20)14-23(3)13-18-8-6-5-7-15(18)2/h5-12H,4,13-14H2,1-3H3. The quantitative estimate of drug-likeness (QED) is 0.681. The van der Waals surface area contributed by atoms with Crippen LogP contribution in [0.25, 0.3) is 11.4 Å². The normalized spacial score (nSPS) is 11.2. The first-order chi connectivity index (χ1) is 11.7. The van der Waals surface area contributed by atoms with Crippen molar-refractivity contribution in [1.29, 1.82) is 0 Å². The first kappa shape index (κ1) is 16.4. The highest BCUT2D eigenvalue weighted by Gasteiger charge is 2.11. The van der Waals surface area contributed by atoms with Crippen molar-refractivity contribution in [3.63, 3.8) is 0 Å². The summed E-state index contributed by atoms with van der Waals surface area (Å²) in [7, 11) is 2.06. The van der Waals surface area contributed by atoms with Crippen molar-refractivity contribution < 1.29 is 4.52 Å². The number of aromatic nitrogens is 2. The number of hydrogen-bond acceptors (Lipinski definition) is 4. The van der Waals surface area contributed by atoms with E-state index in [2.05, 4.69) is 72.3 Å². The van der Waals surface area contributed by atoms with Crippen molar-refractivity contribution in [2.24, 2.45) is 0 Å². The maximum atomic E-state index is 5.41. The summed E-state index contributed by atoms with van der Waals surface area (Å²) < 4.78 is 5.41. The molecule has 0 fully saturated rings. The molecule has 1 aromatic heterocycles. The Morgan fingerprint density at radius 3 is 2.46 bits per heavy atom. The van der Waals surface area contributed by atoms with Crippen LogP contribution in [0.15, 0.2) is 53.1 Å². The van der Waals surface area contributed by atoms with E-state index < -0.39 is 0 Å². The Hall–Kier alpha value is -2.46. The summed E-state index contributed by atoms with van der Waals surface area (Å²) in [6, 6.07) is 16.7. The second-order valence-corrected chi connectivity index (χ2v) is 6.16. The molecule has 0 aliphatic carbocycles. The van der Waals surface area contributed by atoms with Gasteiger partial charge in [0.25, 0.3) is 0 Å². The Morgan fingerprint density at radius 2 is 1.75 bits per heavy atom. The lowest BCUT2D eigenvalue weighted by Crippen LogP contribution is -2.18. The third kappa shape index (κ3) is 3.89. The van der Waals surface area contributed by atoms with Gasteiger partial charge in [-0.3, -0.25) is 4.90 Å². The molecule has 24 heavy (non-hydrogen) atoms. The summed E-state index contributed by atoms with van der Waals surface area (Å²) in [6.45, 7) is 5.77. The van der Waals surface area contributed by atoms with Crippen molar-refractivity contribution in [3.05, 3.63) is 71.1 Å². The molecule has 0 amide bonds. The molecule has 0 spiro atoms. The van der Waals surface area contributed by atoms with Crippen molar-refractivity contribution in [2.75, 3.05) is 7.05 Å². The summed E-state index contributed by atoms with van der Waals surface area (Å²) in [6.07, 6.45) is 1.03. The molecule has 1 heterocycles. The van der Waals surface area contributed by atoms with Crippen LogP contribution < -0.4 is 0 Å². The largest absolute Gasteiger partial charge is 0.338 e. The molecule has 4 nitrogen and oxygen atoms in total. The Labute approximate surface area is 143 Å². The number of nitrogens with zero attached hydrogens (tertiary/aromatic N) is 3. The lowest BCUT2D eigenvalue weighted by molar-refractivity contribution is 0.260. The van der Waals surface area contributed by atoms with Crippen LogP contribution in [0.1, 0.15) is 29.5 Å². The molecule has 0 aliphatic rings. The SMILES string of the molecule is CCc1ccc(-c2noc(CN(C)Cc3ccccc3C)n2)cc1. The molecule has 0 unspecified atom stereocenters. The number of rotatable bonds is 6. The smallest absolute Gasteiger partial charge is 0.241 e. The van der Waals surface area contributed by atoms with Crippen molar-refractivity contribution >= 4 is 0 Å². The van der Waals surface area contributed by atoms with Gasteiger partial charge in [0.05, 0.1) is 6.54 Å². The molecule has 0 saturated heterocycles. The third-order valence-electron chi connectivity index (χ3n) is 4.20. The Balaban J connectivity index is 1.66. The predicted octanol–water partition coefficient (Wildman–Crippen LogP) is 4.24. The second-order valence-electron chi connectivity index (χ2n) is 6.16. The lowest BCUT2D eigenvalue weighted by Gasteiger charge is -2.15. The van der Waals surface area contributed by atoms with E-state index in [1.165, 1.54) is 16.7 Å². The van der Waals surface area contributed by atoms with Crippen LogP contribution in [-0.2, 0) is 19.5 Å². The van der Waals surface area contributed by atoms with Gasteiger partial charge in [-0.1, -0.05) is 60.6 Å².